The van der Waals surface area contributed by atoms with Gasteiger partial charge in [0, 0.05) is 30.1 Å². The number of aliphatic carboxylic acids is 1. The number of unbranched alkanes of at least 4 members (excludes halogenated alkanes) is 1. The van der Waals surface area contributed by atoms with E-state index in [4.69, 9.17) is 10.1 Å². The Hall–Kier alpha value is -4.44. The molecule has 0 amide bonds. The van der Waals surface area contributed by atoms with E-state index in [0.717, 1.165) is 35.2 Å². The summed E-state index contributed by atoms with van der Waals surface area (Å²) in [6.07, 6.45) is 10.6. The van der Waals surface area contributed by atoms with Gasteiger partial charge < -0.3 is 10.4 Å². The fraction of sp³-hybridized carbons (Fsp3) is 0.214. The van der Waals surface area contributed by atoms with Crippen molar-refractivity contribution >= 4 is 23.2 Å². The molecule has 0 radical (unpaired) electrons. The number of nitrogens with zero attached hydrogens (tertiary/aromatic N) is 3. The second-order valence-electron chi connectivity index (χ2n) is 8.40. The molecule has 176 valence electrons. The van der Waals surface area contributed by atoms with Gasteiger partial charge in [0.1, 0.15) is 0 Å². The number of carbonyl (C=O) groups is 1. The third-order valence-corrected chi connectivity index (χ3v) is 5.87. The van der Waals surface area contributed by atoms with E-state index in [1.807, 2.05) is 54.7 Å². The van der Waals surface area contributed by atoms with E-state index in [1.54, 1.807) is 12.4 Å². The van der Waals surface area contributed by atoms with Crippen LogP contribution >= 0.6 is 0 Å². The van der Waals surface area contributed by atoms with Crippen LogP contribution in [0.2, 0.25) is 0 Å². The zero-order valence-corrected chi connectivity index (χ0v) is 19.3. The fourth-order valence-corrected chi connectivity index (χ4v) is 4.28. The van der Waals surface area contributed by atoms with Crippen LogP contribution in [0.4, 0.5) is 5.69 Å². The minimum atomic E-state index is -0.797. The summed E-state index contributed by atoms with van der Waals surface area (Å²) in [6, 6.07) is 20.1. The van der Waals surface area contributed by atoms with Gasteiger partial charge in [0.25, 0.3) is 0 Å². The van der Waals surface area contributed by atoms with Crippen LogP contribution < -0.4 is 10.6 Å². The van der Waals surface area contributed by atoms with Gasteiger partial charge in [-0.25, -0.2) is 4.99 Å². The number of carboxylic acids is 1. The first-order valence-electron chi connectivity index (χ1n) is 11.6. The summed E-state index contributed by atoms with van der Waals surface area (Å²) < 4.78 is 0. The number of aromatic nitrogens is 1. The molecule has 1 heterocycles. The van der Waals surface area contributed by atoms with E-state index in [0.29, 0.717) is 18.8 Å². The number of hydrogen-bond acceptors (Lipinski definition) is 4. The monoisotopic (exact) mass is 465 g/mol. The molecule has 2 aromatic carbocycles. The van der Waals surface area contributed by atoms with E-state index >= 15 is 0 Å². The second kappa shape index (κ2) is 11.6. The number of guanidine groups is 1. The number of rotatable bonds is 8. The minimum Gasteiger partial charge on any atom is -0.481 e. The van der Waals surface area contributed by atoms with E-state index in [2.05, 4.69) is 33.8 Å². The number of pyridine rings is 1. The van der Waals surface area contributed by atoms with Crippen LogP contribution in [0.15, 0.2) is 84.1 Å². The number of fused-ring (bicyclic) bond motifs is 1. The van der Waals surface area contributed by atoms with Crippen molar-refractivity contribution in [3.05, 3.63) is 101 Å². The molecule has 1 aliphatic rings. The van der Waals surface area contributed by atoms with Gasteiger partial charge in [-0.1, -0.05) is 48.5 Å². The first-order chi connectivity index (χ1) is 17.1. The third-order valence-electron chi connectivity index (χ3n) is 5.87. The highest BCUT2D eigenvalue weighted by Crippen LogP contribution is 2.27. The standard InChI is InChI=1S/C28H27N5O2/c29-19-31-28(33-25-15-20-7-1-2-8-21(20)16-25)32-24-11-5-9-22(17-24)26(12-3-4-13-27(34)35)23-10-6-14-30-18-23/h1-2,5-12,14,17-18,25H,3-4,13,15-16H2,(H,34,35)(H2,31,32,33). The first-order valence-corrected chi connectivity index (χ1v) is 11.6. The Morgan fingerprint density at radius 1 is 1.11 bits per heavy atom. The number of hydrogen-bond donors (Lipinski definition) is 3. The van der Waals surface area contributed by atoms with Crippen molar-refractivity contribution in [1.82, 2.24) is 10.3 Å². The van der Waals surface area contributed by atoms with Crippen LogP contribution in [0.1, 0.15) is 41.5 Å². The summed E-state index contributed by atoms with van der Waals surface area (Å²) >= 11 is 0. The zero-order valence-electron chi connectivity index (χ0n) is 19.3. The Bertz CT molecular complexity index is 1250. The molecule has 7 heteroatoms. The maximum atomic E-state index is 10.9. The first kappa shape index (κ1) is 23.7. The number of allylic oxidation sites excluding steroid dienone is 1. The number of nitrogens with one attached hydrogen (secondary N) is 2. The molecular formula is C28H27N5O2. The zero-order chi connectivity index (χ0) is 24.5. The largest absolute Gasteiger partial charge is 0.481 e. The molecular weight excluding hydrogens is 438 g/mol. The van der Waals surface area contributed by atoms with Crippen molar-refractivity contribution in [3.8, 4) is 6.19 Å². The lowest BCUT2D eigenvalue weighted by molar-refractivity contribution is -0.137. The molecule has 1 aliphatic carbocycles. The molecule has 0 aliphatic heterocycles. The lowest BCUT2D eigenvalue weighted by Gasteiger charge is -2.14. The van der Waals surface area contributed by atoms with Gasteiger partial charge in [0.2, 0.25) is 5.96 Å². The van der Waals surface area contributed by atoms with Crippen LogP contribution in [0.25, 0.3) is 5.57 Å². The van der Waals surface area contributed by atoms with Crippen molar-refractivity contribution in [2.24, 2.45) is 4.99 Å². The maximum absolute atomic E-state index is 10.9. The predicted octanol–water partition coefficient (Wildman–Crippen LogP) is 4.77. The molecule has 0 atom stereocenters. The summed E-state index contributed by atoms with van der Waals surface area (Å²) in [7, 11) is 0. The molecule has 3 N–H and O–H groups in total. The molecule has 3 aromatic rings. The number of benzene rings is 2. The average Bonchev–Trinajstić information content (AvgIpc) is 3.27. The highest BCUT2D eigenvalue weighted by molar-refractivity contribution is 5.95. The van der Waals surface area contributed by atoms with Crippen LogP contribution in [0.3, 0.4) is 0 Å². The van der Waals surface area contributed by atoms with E-state index < -0.39 is 5.97 Å². The van der Waals surface area contributed by atoms with Crippen molar-refractivity contribution < 1.29 is 9.90 Å². The Morgan fingerprint density at radius 2 is 1.89 bits per heavy atom. The molecule has 0 spiro atoms. The molecule has 0 bridgehead atoms. The SMILES string of the molecule is N#CNC(=NC1Cc2ccccc2C1)Nc1cccc(C(=CCCCC(=O)O)c2cccnc2)c1. The Labute approximate surface area is 204 Å². The van der Waals surface area contributed by atoms with Gasteiger partial charge in [-0.15, -0.1) is 0 Å². The highest BCUT2D eigenvalue weighted by Gasteiger charge is 2.21. The summed E-state index contributed by atoms with van der Waals surface area (Å²) in [5.41, 5.74) is 6.28. The van der Waals surface area contributed by atoms with Gasteiger partial charge in [0.15, 0.2) is 6.19 Å². The van der Waals surface area contributed by atoms with Gasteiger partial charge in [-0.2, -0.15) is 5.26 Å². The Morgan fingerprint density at radius 3 is 2.57 bits per heavy atom. The molecule has 7 nitrogen and oxygen atoms in total. The van der Waals surface area contributed by atoms with E-state index in [1.165, 1.54) is 11.1 Å². The van der Waals surface area contributed by atoms with Crippen molar-refractivity contribution in [2.75, 3.05) is 5.32 Å². The molecule has 0 saturated heterocycles. The van der Waals surface area contributed by atoms with Crippen LogP contribution in [-0.2, 0) is 17.6 Å². The van der Waals surface area contributed by atoms with Crippen molar-refractivity contribution in [1.29, 1.82) is 5.26 Å². The number of aliphatic imine (C=N–C) groups is 1. The van der Waals surface area contributed by atoms with Crippen LogP contribution in [0, 0.1) is 11.5 Å². The number of carboxylic acid groups (broad SMARTS) is 1. The summed E-state index contributed by atoms with van der Waals surface area (Å²) in [5, 5.41) is 24.2. The third kappa shape index (κ3) is 6.55. The summed E-state index contributed by atoms with van der Waals surface area (Å²) in [5.74, 6) is -0.384. The molecule has 0 saturated carbocycles. The molecule has 0 fully saturated rings. The number of nitriles is 1. The molecule has 4 rings (SSSR count). The maximum Gasteiger partial charge on any atom is 0.303 e. The quantitative estimate of drug-likeness (QED) is 0.145. The second-order valence-corrected chi connectivity index (χ2v) is 8.40. The van der Waals surface area contributed by atoms with Crippen LogP contribution in [-0.4, -0.2) is 28.1 Å². The summed E-state index contributed by atoms with van der Waals surface area (Å²) in [4.78, 5) is 19.9. The number of anilines is 1. The van der Waals surface area contributed by atoms with Crippen molar-refractivity contribution in [3.63, 3.8) is 0 Å². The van der Waals surface area contributed by atoms with Gasteiger partial charge >= 0.3 is 5.97 Å². The van der Waals surface area contributed by atoms with Gasteiger partial charge in [-0.3, -0.25) is 15.1 Å². The lowest BCUT2D eigenvalue weighted by Crippen LogP contribution is -2.29. The summed E-state index contributed by atoms with van der Waals surface area (Å²) in [6.45, 7) is 0. The van der Waals surface area contributed by atoms with Crippen molar-refractivity contribution in [2.45, 2.75) is 38.1 Å². The highest BCUT2D eigenvalue weighted by atomic mass is 16.4. The molecule has 1 aromatic heterocycles. The van der Waals surface area contributed by atoms with E-state index in [9.17, 15) is 10.1 Å². The molecule has 0 unspecified atom stereocenters. The topological polar surface area (TPSA) is 110 Å². The smallest absolute Gasteiger partial charge is 0.303 e. The average molecular weight is 466 g/mol. The predicted molar refractivity (Wildman–Crippen MR) is 137 cm³/mol. The normalized spacial score (nSPS) is 13.7. The lowest BCUT2D eigenvalue weighted by atomic mass is 9.97. The molecule has 35 heavy (non-hydrogen) atoms. The Kier molecular flexibility index (Phi) is 7.87. The van der Waals surface area contributed by atoms with Gasteiger partial charge in [-0.05, 0) is 66.1 Å². The van der Waals surface area contributed by atoms with Gasteiger partial charge in [0.05, 0.1) is 6.04 Å². The van der Waals surface area contributed by atoms with E-state index in [-0.39, 0.29) is 12.5 Å². The minimum absolute atomic E-state index is 0.0685. The fourth-order valence-electron chi connectivity index (χ4n) is 4.28. The Balaban J connectivity index is 1.55. The van der Waals surface area contributed by atoms with Crippen LogP contribution in [0.5, 0.6) is 0 Å².